The van der Waals surface area contributed by atoms with E-state index in [4.69, 9.17) is 17.0 Å². The molecule has 1 aliphatic heterocycles. The van der Waals surface area contributed by atoms with Gasteiger partial charge in [0, 0.05) is 45.9 Å². The number of rotatable bonds is 7. The van der Waals surface area contributed by atoms with Crippen LogP contribution in [0.4, 0.5) is 11.4 Å². The molecule has 2 N–H and O–H groups in total. The normalized spacial score (nSPS) is 16.7. The number of benzene rings is 2. The van der Waals surface area contributed by atoms with Gasteiger partial charge in [0.1, 0.15) is 5.75 Å². The fourth-order valence-electron chi connectivity index (χ4n) is 5.20. The Hall–Kier alpha value is -3.69. The minimum atomic E-state index is -0.178. The summed E-state index contributed by atoms with van der Waals surface area (Å²) in [6, 6.07) is 21.9. The van der Waals surface area contributed by atoms with Crippen molar-refractivity contribution < 1.29 is 9.53 Å². The van der Waals surface area contributed by atoms with Gasteiger partial charge < -0.3 is 24.8 Å². The van der Waals surface area contributed by atoms with Crippen molar-refractivity contribution in [2.45, 2.75) is 39.3 Å². The molecule has 1 aliphatic rings. The highest BCUT2D eigenvalue weighted by atomic mass is 79.9. The Morgan fingerprint density at radius 1 is 1.10 bits per heavy atom. The van der Waals surface area contributed by atoms with Crippen LogP contribution < -0.4 is 20.3 Å². The molecule has 0 unspecified atom stereocenters. The molecule has 1 fully saturated rings. The number of anilines is 2. The van der Waals surface area contributed by atoms with Gasteiger partial charge in [-0.15, -0.1) is 0 Å². The summed E-state index contributed by atoms with van der Waals surface area (Å²) in [7, 11) is 1.60. The summed E-state index contributed by atoms with van der Waals surface area (Å²) in [4.78, 5) is 18.9. The number of carbonyl (C=O) groups excluding carboxylic acids is 1. The number of ether oxygens (including phenoxy) is 1. The van der Waals surface area contributed by atoms with Gasteiger partial charge in [0.2, 0.25) is 5.91 Å². The Morgan fingerprint density at radius 3 is 2.51 bits per heavy atom. The summed E-state index contributed by atoms with van der Waals surface area (Å²) >= 11 is 9.48. The zero-order valence-electron chi connectivity index (χ0n) is 22.2. The lowest BCUT2D eigenvalue weighted by atomic mass is 9.96. The molecule has 2 aromatic carbocycles. The maximum Gasteiger partial charge on any atom is 0.224 e. The Balaban J connectivity index is 1.64. The van der Waals surface area contributed by atoms with Crippen LogP contribution >= 0.6 is 28.1 Å². The average molecular weight is 605 g/mol. The van der Waals surface area contributed by atoms with Crippen molar-refractivity contribution in [3.05, 3.63) is 100 Å². The average Bonchev–Trinajstić information content (AvgIpc) is 3.44. The Labute approximate surface area is 242 Å². The second kappa shape index (κ2) is 11.2. The van der Waals surface area contributed by atoms with E-state index in [-0.39, 0.29) is 18.0 Å². The Morgan fingerprint density at radius 2 is 1.85 bits per heavy atom. The predicted molar refractivity (Wildman–Crippen MR) is 163 cm³/mol. The topological polar surface area (TPSA) is 71.4 Å². The lowest BCUT2D eigenvalue weighted by Gasteiger charge is -2.29. The van der Waals surface area contributed by atoms with Crippen molar-refractivity contribution in [1.82, 2.24) is 14.9 Å². The van der Waals surface area contributed by atoms with Gasteiger partial charge in [-0.05, 0) is 86.2 Å². The highest BCUT2D eigenvalue weighted by molar-refractivity contribution is 9.10. The first kappa shape index (κ1) is 26.9. The van der Waals surface area contributed by atoms with Crippen LogP contribution in [0.1, 0.15) is 48.1 Å². The highest BCUT2D eigenvalue weighted by Gasteiger charge is 2.42. The van der Waals surface area contributed by atoms with Crippen molar-refractivity contribution in [3.8, 4) is 11.4 Å². The van der Waals surface area contributed by atoms with E-state index < -0.39 is 0 Å². The molecule has 0 saturated carbocycles. The molecule has 4 aromatic rings. The summed E-state index contributed by atoms with van der Waals surface area (Å²) in [5.41, 5.74) is 6.86. The number of aromatic nitrogens is 2. The van der Waals surface area contributed by atoms with Gasteiger partial charge in [-0.2, -0.15) is 0 Å². The first-order valence-electron chi connectivity index (χ1n) is 12.8. The fourth-order valence-corrected chi connectivity index (χ4v) is 5.81. The van der Waals surface area contributed by atoms with Gasteiger partial charge in [-0.25, -0.2) is 0 Å². The van der Waals surface area contributed by atoms with E-state index in [0.717, 1.165) is 38.5 Å². The van der Waals surface area contributed by atoms with E-state index in [1.165, 1.54) is 0 Å². The summed E-state index contributed by atoms with van der Waals surface area (Å²) in [5.74, 6) is 0.491. The number of aryl methyl sites for hydroxylation is 1. The quantitative estimate of drug-likeness (QED) is 0.227. The number of methoxy groups -OCH3 is 1. The molecule has 7 nitrogen and oxygen atoms in total. The number of thiocarbonyl (C=S) groups is 1. The molecule has 1 saturated heterocycles. The van der Waals surface area contributed by atoms with E-state index in [2.05, 4.69) is 73.1 Å². The lowest BCUT2D eigenvalue weighted by molar-refractivity contribution is -0.115. The highest BCUT2D eigenvalue weighted by Crippen LogP contribution is 2.45. The largest absolute Gasteiger partial charge is 0.494 e. The molecule has 1 amide bonds. The number of nitrogens with zero attached hydrogens (tertiary/aromatic N) is 3. The number of amides is 1. The second-order valence-electron chi connectivity index (χ2n) is 9.42. The summed E-state index contributed by atoms with van der Waals surface area (Å²) in [6.45, 7) is 6.08. The van der Waals surface area contributed by atoms with Crippen LogP contribution in [0, 0.1) is 13.8 Å². The smallest absolute Gasteiger partial charge is 0.224 e. The molecule has 2 atom stereocenters. The Kier molecular flexibility index (Phi) is 7.72. The van der Waals surface area contributed by atoms with Crippen LogP contribution in [0.25, 0.3) is 5.69 Å². The summed E-state index contributed by atoms with van der Waals surface area (Å²) < 4.78 is 8.97. The maximum absolute atomic E-state index is 12.1. The summed E-state index contributed by atoms with van der Waals surface area (Å²) in [5, 5.41) is 7.04. The SMILES string of the molecule is CCC(=O)Nc1ccc(N2C(=S)N[C@@H](c3ccccn3)[C@@H]2c2cc(C)n(-c3ccc(Br)cc3)c2C)cc1OC. The molecule has 0 bridgehead atoms. The van der Waals surface area contributed by atoms with Crippen molar-refractivity contribution in [2.75, 3.05) is 17.3 Å². The van der Waals surface area contributed by atoms with E-state index in [9.17, 15) is 4.79 Å². The van der Waals surface area contributed by atoms with Gasteiger partial charge in [-0.1, -0.05) is 28.9 Å². The van der Waals surface area contributed by atoms with E-state index in [0.29, 0.717) is 23.0 Å². The molecule has 0 radical (unpaired) electrons. The van der Waals surface area contributed by atoms with E-state index >= 15 is 0 Å². The molecule has 9 heteroatoms. The van der Waals surface area contributed by atoms with Crippen molar-refractivity contribution in [3.63, 3.8) is 0 Å². The van der Waals surface area contributed by atoms with Crippen molar-refractivity contribution >= 4 is 50.5 Å². The molecule has 2 aromatic heterocycles. The Bertz CT molecular complexity index is 1520. The molecular formula is C30H30BrN5O2S. The molecule has 0 spiro atoms. The number of nitrogens with one attached hydrogen (secondary N) is 2. The number of hydrogen-bond acceptors (Lipinski definition) is 4. The number of halogens is 1. The number of carbonyl (C=O) groups is 1. The van der Waals surface area contributed by atoms with Crippen LogP contribution in [-0.2, 0) is 4.79 Å². The third-order valence-electron chi connectivity index (χ3n) is 7.03. The monoisotopic (exact) mass is 603 g/mol. The second-order valence-corrected chi connectivity index (χ2v) is 10.7. The van der Waals surface area contributed by atoms with Gasteiger partial charge in [-0.3, -0.25) is 9.78 Å². The van der Waals surface area contributed by atoms with Crippen molar-refractivity contribution in [1.29, 1.82) is 0 Å². The third kappa shape index (κ3) is 5.16. The fraction of sp³-hybridized carbons (Fsp3) is 0.233. The van der Waals surface area contributed by atoms with Gasteiger partial charge in [0.05, 0.1) is 30.6 Å². The summed E-state index contributed by atoms with van der Waals surface area (Å²) in [6.07, 6.45) is 2.19. The molecule has 0 aliphatic carbocycles. The lowest BCUT2D eigenvalue weighted by Crippen LogP contribution is -2.29. The number of pyridine rings is 1. The van der Waals surface area contributed by atoms with Crippen molar-refractivity contribution in [2.24, 2.45) is 0 Å². The minimum absolute atomic E-state index is 0.0760. The van der Waals surface area contributed by atoms with Crippen LogP contribution in [0.5, 0.6) is 5.75 Å². The van der Waals surface area contributed by atoms with Gasteiger partial charge in [0.15, 0.2) is 5.11 Å². The first-order chi connectivity index (χ1) is 18.8. The molecule has 39 heavy (non-hydrogen) atoms. The molecule has 200 valence electrons. The predicted octanol–water partition coefficient (Wildman–Crippen LogP) is 6.79. The zero-order chi connectivity index (χ0) is 27.7. The first-order valence-corrected chi connectivity index (χ1v) is 14.0. The third-order valence-corrected chi connectivity index (χ3v) is 7.87. The maximum atomic E-state index is 12.1. The van der Waals surface area contributed by atoms with Gasteiger partial charge >= 0.3 is 0 Å². The van der Waals surface area contributed by atoms with E-state index in [1.54, 1.807) is 13.3 Å². The zero-order valence-corrected chi connectivity index (χ0v) is 24.6. The standard InChI is InChI=1S/C30H30BrN5O2S/c1-5-27(37)33-24-14-13-22(17-26(24)38-4)36-29(28(34-30(36)39)25-8-6-7-15-32-25)23-16-18(2)35(19(23)3)21-11-9-20(31)10-12-21/h6-17,28-29H,5H2,1-4H3,(H,33,37)(H,34,39)/t28-,29-/m0/s1. The van der Waals surface area contributed by atoms with E-state index in [1.807, 2.05) is 55.5 Å². The molecule has 5 rings (SSSR count). The molecular weight excluding hydrogens is 574 g/mol. The molecule has 3 heterocycles. The van der Waals surface area contributed by atoms with Crippen LogP contribution in [-0.4, -0.2) is 27.7 Å². The van der Waals surface area contributed by atoms with Crippen LogP contribution in [0.15, 0.2) is 77.4 Å². The number of hydrogen-bond donors (Lipinski definition) is 2. The van der Waals surface area contributed by atoms with Crippen LogP contribution in [0.3, 0.4) is 0 Å². The minimum Gasteiger partial charge on any atom is -0.494 e. The van der Waals surface area contributed by atoms with Gasteiger partial charge in [0.25, 0.3) is 0 Å². The van der Waals surface area contributed by atoms with Crippen LogP contribution in [0.2, 0.25) is 0 Å².